The van der Waals surface area contributed by atoms with Crippen LogP contribution in [0.25, 0.3) is 11.3 Å². The highest BCUT2D eigenvalue weighted by Gasteiger charge is 2.22. The highest BCUT2D eigenvalue weighted by Crippen LogP contribution is 2.27. The van der Waals surface area contributed by atoms with Crippen LogP contribution in [0.3, 0.4) is 0 Å². The van der Waals surface area contributed by atoms with Crippen LogP contribution in [0.1, 0.15) is 17.9 Å². The first-order valence-electron chi connectivity index (χ1n) is 10.1. The zero-order valence-corrected chi connectivity index (χ0v) is 17.6. The molecule has 0 unspecified atom stereocenters. The molecule has 3 aromatic rings. The monoisotopic (exact) mass is 445 g/mol. The molecular weight excluding hydrogens is 424 g/mol. The van der Waals surface area contributed by atoms with E-state index in [-0.39, 0.29) is 36.0 Å². The molecule has 1 aromatic heterocycles. The molecule has 1 amide bonds. The number of hydrogen-bond donors (Lipinski definition) is 0. The minimum Gasteiger partial charge on any atom is -0.441 e. The van der Waals surface area contributed by atoms with Gasteiger partial charge in [0.2, 0.25) is 5.91 Å². The van der Waals surface area contributed by atoms with Crippen molar-refractivity contribution in [1.82, 2.24) is 14.8 Å². The van der Waals surface area contributed by atoms with Gasteiger partial charge < -0.3 is 9.32 Å². The number of hydrogen-bond acceptors (Lipinski definition) is 4. The molecule has 4 rings (SSSR count). The molecular formula is C23H22ClF2N3O2. The number of amides is 1. The molecule has 0 spiro atoms. The highest BCUT2D eigenvalue weighted by molar-refractivity contribution is 6.30. The summed E-state index contributed by atoms with van der Waals surface area (Å²) in [4.78, 5) is 20.8. The second-order valence-corrected chi connectivity index (χ2v) is 7.93. The second kappa shape index (κ2) is 9.58. The molecule has 0 atom stereocenters. The molecule has 5 nitrogen and oxygen atoms in total. The van der Waals surface area contributed by atoms with Crippen LogP contribution in [-0.4, -0.2) is 46.9 Å². The van der Waals surface area contributed by atoms with Gasteiger partial charge in [0, 0.05) is 50.6 Å². The largest absolute Gasteiger partial charge is 0.441 e. The lowest BCUT2D eigenvalue weighted by atomic mass is 10.1. The standard InChI is InChI=1S/C23H22ClF2N3O2/c24-17-6-4-16(5-7-17)15-28-10-12-29(13-11-28)22(30)9-8-21-27-14-20(31-21)23-18(25)2-1-3-19(23)26/h1-7,14H,8-13,15H2. The number of carbonyl (C=O) groups excluding carboxylic acids is 1. The van der Waals surface area contributed by atoms with Gasteiger partial charge in [-0.25, -0.2) is 13.8 Å². The summed E-state index contributed by atoms with van der Waals surface area (Å²) in [7, 11) is 0. The molecule has 0 N–H and O–H groups in total. The molecule has 1 aliphatic rings. The van der Waals surface area contributed by atoms with Gasteiger partial charge >= 0.3 is 0 Å². The Hall–Kier alpha value is -2.77. The lowest BCUT2D eigenvalue weighted by Gasteiger charge is -2.34. The van der Waals surface area contributed by atoms with Crippen LogP contribution in [-0.2, 0) is 17.8 Å². The molecule has 0 radical (unpaired) electrons. The van der Waals surface area contributed by atoms with Crippen molar-refractivity contribution >= 4 is 17.5 Å². The lowest BCUT2D eigenvalue weighted by Crippen LogP contribution is -2.48. The third-order valence-corrected chi connectivity index (χ3v) is 5.61. The van der Waals surface area contributed by atoms with Crippen LogP contribution in [0.15, 0.2) is 53.1 Å². The van der Waals surface area contributed by atoms with Crippen LogP contribution in [0, 0.1) is 11.6 Å². The smallest absolute Gasteiger partial charge is 0.223 e. The normalized spacial score (nSPS) is 14.7. The van der Waals surface area contributed by atoms with E-state index < -0.39 is 11.6 Å². The topological polar surface area (TPSA) is 49.6 Å². The van der Waals surface area contributed by atoms with E-state index in [0.29, 0.717) is 13.1 Å². The van der Waals surface area contributed by atoms with E-state index in [9.17, 15) is 13.6 Å². The average molecular weight is 446 g/mol. The number of benzene rings is 2. The number of nitrogens with zero attached hydrogens (tertiary/aromatic N) is 3. The van der Waals surface area contributed by atoms with Gasteiger partial charge in [-0.3, -0.25) is 9.69 Å². The van der Waals surface area contributed by atoms with Gasteiger partial charge in [0.1, 0.15) is 11.6 Å². The minimum atomic E-state index is -0.713. The van der Waals surface area contributed by atoms with Crippen molar-refractivity contribution < 1.29 is 18.0 Å². The van der Waals surface area contributed by atoms with Crippen LogP contribution >= 0.6 is 11.6 Å². The van der Waals surface area contributed by atoms with E-state index in [0.717, 1.165) is 36.8 Å². The molecule has 31 heavy (non-hydrogen) atoms. The molecule has 1 saturated heterocycles. The summed E-state index contributed by atoms with van der Waals surface area (Å²) in [6.07, 6.45) is 1.80. The predicted molar refractivity (Wildman–Crippen MR) is 113 cm³/mol. The zero-order chi connectivity index (χ0) is 21.8. The Morgan fingerprint density at radius 3 is 2.39 bits per heavy atom. The van der Waals surface area contributed by atoms with Crippen LogP contribution in [0.4, 0.5) is 8.78 Å². The van der Waals surface area contributed by atoms with Crippen molar-refractivity contribution in [2.75, 3.05) is 26.2 Å². The molecule has 2 aromatic carbocycles. The summed E-state index contributed by atoms with van der Waals surface area (Å²) in [5, 5.41) is 0.719. The summed E-state index contributed by atoms with van der Waals surface area (Å²) in [5.74, 6) is -1.10. The van der Waals surface area contributed by atoms with E-state index in [1.807, 2.05) is 29.2 Å². The van der Waals surface area contributed by atoms with E-state index in [2.05, 4.69) is 9.88 Å². The van der Waals surface area contributed by atoms with Gasteiger partial charge in [-0.1, -0.05) is 29.8 Å². The maximum Gasteiger partial charge on any atom is 0.223 e. The molecule has 8 heteroatoms. The molecule has 1 aliphatic heterocycles. The molecule has 0 bridgehead atoms. The minimum absolute atomic E-state index is 0.0166. The first kappa shape index (κ1) is 21.5. The Bertz CT molecular complexity index is 1030. The maximum absolute atomic E-state index is 13.9. The van der Waals surface area contributed by atoms with Crippen molar-refractivity contribution in [3.63, 3.8) is 0 Å². The third-order valence-electron chi connectivity index (χ3n) is 5.36. The zero-order valence-electron chi connectivity index (χ0n) is 16.9. The summed E-state index contributed by atoms with van der Waals surface area (Å²) < 4.78 is 33.3. The Balaban J connectivity index is 1.26. The molecule has 0 saturated carbocycles. The average Bonchev–Trinajstić information content (AvgIpc) is 3.22. The van der Waals surface area contributed by atoms with Crippen LogP contribution in [0.5, 0.6) is 0 Å². The Kier molecular flexibility index (Phi) is 6.63. The molecule has 1 fully saturated rings. The first-order valence-corrected chi connectivity index (χ1v) is 10.5. The SMILES string of the molecule is O=C(CCc1ncc(-c2c(F)cccc2F)o1)N1CCN(Cc2ccc(Cl)cc2)CC1. The van der Waals surface area contributed by atoms with Crippen molar-refractivity contribution in [1.29, 1.82) is 0 Å². The fourth-order valence-electron chi connectivity index (χ4n) is 3.65. The maximum atomic E-state index is 13.9. The predicted octanol–water partition coefficient (Wildman–Crippen LogP) is 4.55. The van der Waals surface area contributed by atoms with Crippen LogP contribution in [0.2, 0.25) is 5.02 Å². The summed E-state index contributed by atoms with van der Waals surface area (Å²) in [6.45, 7) is 3.73. The molecule has 162 valence electrons. The Morgan fingerprint density at radius 1 is 1.03 bits per heavy atom. The number of piperazine rings is 1. The van der Waals surface area contributed by atoms with Crippen LogP contribution < -0.4 is 0 Å². The fraction of sp³-hybridized carbons (Fsp3) is 0.304. The van der Waals surface area contributed by atoms with Crippen molar-refractivity contribution in [2.24, 2.45) is 0 Å². The highest BCUT2D eigenvalue weighted by atomic mass is 35.5. The van der Waals surface area contributed by atoms with Gasteiger partial charge in [0.25, 0.3) is 0 Å². The lowest BCUT2D eigenvalue weighted by molar-refractivity contribution is -0.133. The van der Waals surface area contributed by atoms with Gasteiger partial charge in [0.05, 0.1) is 11.8 Å². The van der Waals surface area contributed by atoms with Crippen molar-refractivity contribution in [3.05, 3.63) is 76.8 Å². The Labute approximate surface area is 184 Å². The summed E-state index contributed by atoms with van der Waals surface area (Å²) in [5.41, 5.74) is 0.944. The number of rotatable bonds is 6. The second-order valence-electron chi connectivity index (χ2n) is 7.50. The number of carbonyl (C=O) groups is 1. The third kappa shape index (κ3) is 5.29. The number of aromatic nitrogens is 1. The van der Waals surface area contributed by atoms with E-state index in [4.69, 9.17) is 16.0 Å². The molecule has 2 heterocycles. The van der Waals surface area contributed by atoms with Crippen molar-refractivity contribution in [2.45, 2.75) is 19.4 Å². The number of halogens is 3. The van der Waals surface area contributed by atoms with E-state index in [1.165, 1.54) is 17.8 Å². The summed E-state index contributed by atoms with van der Waals surface area (Å²) in [6, 6.07) is 11.4. The Morgan fingerprint density at radius 2 is 1.71 bits per heavy atom. The van der Waals surface area contributed by atoms with Gasteiger partial charge in [0.15, 0.2) is 11.7 Å². The number of aryl methyl sites for hydroxylation is 1. The van der Waals surface area contributed by atoms with Crippen molar-refractivity contribution in [3.8, 4) is 11.3 Å². The van der Waals surface area contributed by atoms with Gasteiger partial charge in [-0.15, -0.1) is 0 Å². The van der Waals surface area contributed by atoms with Gasteiger partial charge in [-0.2, -0.15) is 0 Å². The summed E-state index contributed by atoms with van der Waals surface area (Å²) >= 11 is 5.93. The number of oxazole rings is 1. The van der Waals surface area contributed by atoms with E-state index in [1.54, 1.807) is 0 Å². The van der Waals surface area contributed by atoms with Gasteiger partial charge in [-0.05, 0) is 29.8 Å². The van der Waals surface area contributed by atoms with E-state index >= 15 is 0 Å². The quantitative estimate of drug-likeness (QED) is 0.558. The molecule has 0 aliphatic carbocycles. The fourth-order valence-corrected chi connectivity index (χ4v) is 3.78. The first-order chi connectivity index (χ1) is 15.0.